The fourth-order valence-electron chi connectivity index (χ4n) is 3.53. The second kappa shape index (κ2) is 14.8. The van der Waals surface area contributed by atoms with Gasteiger partial charge in [-0.1, -0.05) is 66.7 Å². The predicted molar refractivity (Wildman–Crippen MR) is 145 cm³/mol. The molecule has 0 radical (unpaired) electrons. The average molecular weight is 516 g/mol. The van der Waals surface area contributed by atoms with Gasteiger partial charge in [0.05, 0.1) is 12.0 Å². The standard InChI is InChI=1S/C26H25NO3.C4H4O4/c28-23-19-25(21-11-5-2-6-12-21)30-26-22(23)13-7-14-24(26)29-18-8-16-27-17-15-20-9-3-1-4-10-20;5-3(6)1-2-4(7)8/h1-7,9-14,19,27H,8,15-18H2;1-2H,(H,5,6)(H,7,8). The van der Waals surface area contributed by atoms with Crippen LogP contribution in [0.1, 0.15) is 12.0 Å². The van der Waals surface area contributed by atoms with Crippen molar-refractivity contribution in [2.75, 3.05) is 19.7 Å². The van der Waals surface area contributed by atoms with Gasteiger partial charge in [0.2, 0.25) is 0 Å². The third-order valence-electron chi connectivity index (χ3n) is 5.33. The Balaban J connectivity index is 0.000000436. The van der Waals surface area contributed by atoms with Gasteiger partial charge in [0.25, 0.3) is 0 Å². The lowest BCUT2D eigenvalue weighted by molar-refractivity contribution is -0.134. The molecule has 0 amide bonds. The zero-order valence-electron chi connectivity index (χ0n) is 20.7. The first-order valence-electron chi connectivity index (χ1n) is 12.1. The van der Waals surface area contributed by atoms with E-state index in [4.69, 9.17) is 19.4 Å². The number of hydrogen-bond donors (Lipinski definition) is 3. The van der Waals surface area contributed by atoms with Crippen LogP contribution in [0.5, 0.6) is 5.75 Å². The molecular weight excluding hydrogens is 486 g/mol. The first kappa shape index (κ1) is 27.9. The molecule has 8 heteroatoms. The van der Waals surface area contributed by atoms with E-state index < -0.39 is 11.9 Å². The number of ether oxygens (including phenoxy) is 1. The quantitative estimate of drug-likeness (QED) is 0.193. The number of hydrogen-bond acceptors (Lipinski definition) is 6. The fourth-order valence-corrected chi connectivity index (χ4v) is 3.53. The van der Waals surface area contributed by atoms with E-state index in [2.05, 4.69) is 29.6 Å². The molecule has 3 N–H and O–H groups in total. The smallest absolute Gasteiger partial charge is 0.328 e. The van der Waals surface area contributed by atoms with Crippen molar-refractivity contribution in [2.24, 2.45) is 0 Å². The van der Waals surface area contributed by atoms with Crippen LogP contribution in [0.4, 0.5) is 0 Å². The van der Waals surface area contributed by atoms with E-state index in [9.17, 15) is 14.4 Å². The van der Waals surface area contributed by atoms with Gasteiger partial charge in [-0.05, 0) is 43.6 Å². The lowest BCUT2D eigenvalue weighted by atomic mass is 10.1. The van der Waals surface area contributed by atoms with Crippen LogP contribution >= 0.6 is 0 Å². The Morgan fingerprint density at radius 2 is 1.50 bits per heavy atom. The molecule has 0 unspecified atom stereocenters. The van der Waals surface area contributed by atoms with Gasteiger partial charge in [-0.3, -0.25) is 4.79 Å². The highest BCUT2D eigenvalue weighted by atomic mass is 16.5. The van der Waals surface area contributed by atoms with Crippen LogP contribution in [0.2, 0.25) is 0 Å². The number of rotatable bonds is 11. The molecule has 4 aromatic rings. The van der Waals surface area contributed by atoms with E-state index in [-0.39, 0.29) is 5.43 Å². The van der Waals surface area contributed by atoms with Crippen LogP contribution in [0.25, 0.3) is 22.3 Å². The molecule has 196 valence electrons. The maximum atomic E-state index is 12.6. The summed E-state index contributed by atoms with van der Waals surface area (Å²) in [6.07, 6.45) is 3.00. The van der Waals surface area contributed by atoms with Gasteiger partial charge in [-0.15, -0.1) is 0 Å². The molecule has 0 aliphatic carbocycles. The van der Waals surface area contributed by atoms with E-state index in [1.54, 1.807) is 6.07 Å². The molecule has 8 nitrogen and oxygen atoms in total. The van der Waals surface area contributed by atoms with E-state index >= 15 is 0 Å². The summed E-state index contributed by atoms with van der Waals surface area (Å²) < 4.78 is 12.0. The third-order valence-corrected chi connectivity index (χ3v) is 5.33. The summed E-state index contributed by atoms with van der Waals surface area (Å²) in [6.45, 7) is 2.36. The number of fused-ring (bicyclic) bond motifs is 1. The summed E-state index contributed by atoms with van der Waals surface area (Å²) in [5, 5.41) is 19.6. The van der Waals surface area contributed by atoms with Crippen LogP contribution < -0.4 is 15.5 Å². The predicted octanol–water partition coefficient (Wildman–Crippen LogP) is 4.77. The number of benzene rings is 3. The fraction of sp³-hybridized carbons (Fsp3) is 0.167. The van der Waals surface area contributed by atoms with Crippen molar-refractivity contribution in [2.45, 2.75) is 12.8 Å². The van der Waals surface area contributed by atoms with Gasteiger partial charge < -0.3 is 24.7 Å². The second-order valence-corrected chi connectivity index (χ2v) is 8.17. The van der Waals surface area contributed by atoms with Crippen molar-refractivity contribution in [1.29, 1.82) is 0 Å². The minimum atomic E-state index is -1.26. The van der Waals surface area contributed by atoms with E-state index in [1.807, 2.05) is 48.5 Å². The Morgan fingerprint density at radius 3 is 2.16 bits per heavy atom. The van der Waals surface area contributed by atoms with Crippen molar-refractivity contribution >= 4 is 22.9 Å². The molecule has 0 atom stereocenters. The molecule has 0 saturated heterocycles. The van der Waals surface area contributed by atoms with Crippen LogP contribution in [0.3, 0.4) is 0 Å². The second-order valence-electron chi connectivity index (χ2n) is 8.17. The van der Waals surface area contributed by atoms with E-state index in [0.717, 1.165) is 31.5 Å². The summed E-state index contributed by atoms with van der Waals surface area (Å²) in [7, 11) is 0. The number of carbonyl (C=O) groups is 2. The number of nitrogens with one attached hydrogen (secondary N) is 1. The van der Waals surface area contributed by atoms with Crippen LogP contribution in [-0.2, 0) is 16.0 Å². The van der Waals surface area contributed by atoms with Gasteiger partial charge in [0.15, 0.2) is 16.8 Å². The maximum Gasteiger partial charge on any atom is 0.328 e. The monoisotopic (exact) mass is 515 g/mol. The van der Waals surface area contributed by atoms with E-state index in [0.29, 0.717) is 41.2 Å². The third kappa shape index (κ3) is 9.07. The zero-order chi connectivity index (χ0) is 27.2. The Hall–Kier alpha value is -4.69. The van der Waals surface area contributed by atoms with Crippen LogP contribution in [0.15, 0.2) is 106 Å². The number of carboxylic acid groups (broad SMARTS) is 2. The first-order chi connectivity index (χ1) is 18.4. The molecule has 0 aliphatic heterocycles. The lowest BCUT2D eigenvalue weighted by Gasteiger charge is -2.10. The molecule has 1 aromatic heterocycles. The zero-order valence-corrected chi connectivity index (χ0v) is 20.7. The summed E-state index contributed by atoms with van der Waals surface area (Å²) >= 11 is 0. The highest BCUT2D eigenvalue weighted by molar-refractivity contribution is 5.89. The molecule has 0 bridgehead atoms. The number of carboxylic acids is 2. The number of aliphatic carboxylic acids is 2. The summed E-state index contributed by atoms with van der Waals surface area (Å²) in [6, 6.07) is 27.1. The van der Waals surface area contributed by atoms with Crippen LogP contribution in [-0.4, -0.2) is 41.8 Å². The van der Waals surface area contributed by atoms with Gasteiger partial charge in [0.1, 0.15) is 5.76 Å². The van der Waals surface area contributed by atoms with Gasteiger partial charge in [-0.2, -0.15) is 0 Å². The normalized spacial score (nSPS) is 10.6. The minimum Gasteiger partial charge on any atom is -0.490 e. The average Bonchev–Trinajstić information content (AvgIpc) is 2.93. The SMILES string of the molecule is O=C(O)C=CC(=O)O.O=c1cc(-c2ccccc2)oc2c(OCCCNCCc3ccccc3)cccc12. The molecular formula is C30H29NO7. The molecule has 38 heavy (non-hydrogen) atoms. The largest absolute Gasteiger partial charge is 0.490 e. The van der Waals surface area contributed by atoms with Crippen molar-refractivity contribution in [3.8, 4) is 17.1 Å². The Labute approximate surface area is 219 Å². The lowest BCUT2D eigenvalue weighted by Crippen LogP contribution is -2.20. The maximum absolute atomic E-state index is 12.6. The van der Waals surface area contributed by atoms with Crippen LogP contribution in [0, 0.1) is 0 Å². The van der Waals surface area contributed by atoms with Gasteiger partial charge in [0, 0.05) is 23.8 Å². The molecule has 1 heterocycles. The molecule has 0 saturated carbocycles. The Morgan fingerprint density at radius 1 is 0.842 bits per heavy atom. The van der Waals surface area contributed by atoms with Crippen molar-refractivity contribution < 1.29 is 29.0 Å². The Kier molecular flexibility index (Phi) is 10.8. The molecule has 0 fully saturated rings. The highest BCUT2D eigenvalue weighted by Gasteiger charge is 2.11. The summed E-state index contributed by atoms with van der Waals surface area (Å²) in [5.41, 5.74) is 2.64. The van der Waals surface area contributed by atoms with Crippen molar-refractivity contribution in [3.63, 3.8) is 0 Å². The molecule has 3 aromatic carbocycles. The summed E-state index contributed by atoms with van der Waals surface area (Å²) in [4.78, 5) is 31.7. The van der Waals surface area contributed by atoms with Crippen molar-refractivity contribution in [1.82, 2.24) is 5.32 Å². The van der Waals surface area contributed by atoms with Gasteiger partial charge in [-0.25, -0.2) is 9.59 Å². The highest BCUT2D eigenvalue weighted by Crippen LogP contribution is 2.28. The van der Waals surface area contributed by atoms with E-state index in [1.165, 1.54) is 11.6 Å². The Bertz CT molecular complexity index is 1400. The topological polar surface area (TPSA) is 126 Å². The molecule has 4 rings (SSSR count). The minimum absolute atomic E-state index is 0.0665. The molecule has 0 spiro atoms. The van der Waals surface area contributed by atoms with Crippen molar-refractivity contribution in [3.05, 3.63) is 113 Å². The molecule has 0 aliphatic rings. The number of para-hydroxylation sites is 1. The summed E-state index contributed by atoms with van der Waals surface area (Å²) in [5.74, 6) is -1.36. The first-order valence-corrected chi connectivity index (χ1v) is 12.1. The van der Waals surface area contributed by atoms with Gasteiger partial charge >= 0.3 is 11.9 Å².